The molecule has 0 aliphatic heterocycles. The summed E-state index contributed by atoms with van der Waals surface area (Å²) in [6, 6.07) is 8.00. The molecule has 18 heavy (non-hydrogen) atoms. The zero-order valence-electron chi connectivity index (χ0n) is 10.9. The van der Waals surface area contributed by atoms with Gasteiger partial charge in [0.2, 0.25) is 0 Å². The van der Waals surface area contributed by atoms with E-state index < -0.39 is 0 Å². The number of rotatable bonds is 4. The number of carbonyl (C=O) groups excluding carboxylic acids is 1. The molecule has 1 aromatic carbocycles. The van der Waals surface area contributed by atoms with Crippen LogP contribution in [0.5, 0.6) is 0 Å². The molecule has 1 saturated carbocycles. The van der Waals surface area contributed by atoms with E-state index in [4.69, 9.17) is 10.5 Å². The molecule has 3 heteroatoms. The van der Waals surface area contributed by atoms with Gasteiger partial charge in [0, 0.05) is 5.54 Å². The molecular formula is C15H21NO2. The summed E-state index contributed by atoms with van der Waals surface area (Å²) < 4.78 is 5.28. The number of nitrogens with two attached hydrogens (primary N) is 1. The second-order valence-corrected chi connectivity index (χ2v) is 5.39. The fourth-order valence-corrected chi connectivity index (χ4v) is 2.44. The van der Waals surface area contributed by atoms with Gasteiger partial charge in [-0.2, -0.15) is 0 Å². The zero-order valence-corrected chi connectivity index (χ0v) is 10.9. The number of carbonyl (C=O) groups is 1. The monoisotopic (exact) mass is 247 g/mol. The summed E-state index contributed by atoms with van der Waals surface area (Å²) in [4.78, 5) is 11.7. The van der Waals surface area contributed by atoms with Gasteiger partial charge in [-0.1, -0.05) is 42.7 Å². The molecule has 0 amide bonds. The van der Waals surface area contributed by atoms with Crippen LogP contribution in [0, 0.1) is 6.92 Å². The maximum Gasteiger partial charge on any atom is 0.307 e. The predicted molar refractivity (Wildman–Crippen MR) is 71.0 cm³/mol. The minimum atomic E-state index is -0.315. The third-order valence-corrected chi connectivity index (χ3v) is 3.62. The Morgan fingerprint density at radius 1 is 1.28 bits per heavy atom. The smallest absolute Gasteiger partial charge is 0.307 e. The van der Waals surface area contributed by atoms with Crippen molar-refractivity contribution in [3.63, 3.8) is 0 Å². The molecule has 0 atom stereocenters. The Balaban J connectivity index is 1.79. The summed E-state index contributed by atoms with van der Waals surface area (Å²) >= 11 is 0. The molecule has 0 radical (unpaired) electrons. The van der Waals surface area contributed by atoms with Crippen LogP contribution in [0.1, 0.15) is 43.2 Å². The van der Waals surface area contributed by atoms with Gasteiger partial charge in [0.1, 0.15) is 6.61 Å². The molecule has 2 N–H and O–H groups in total. The highest BCUT2D eigenvalue weighted by Gasteiger charge is 2.32. The van der Waals surface area contributed by atoms with Crippen LogP contribution in [0.3, 0.4) is 0 Å². The van der Waals surface area contributed by atoms with Crippen molar-refractivity contribution in [1.29, 1.82) is 0 Å². The minimum Gasteiger partial charge on any atom is -0.461 e. The van der Waals surface area contributed by atoms with Gasteiger partial charge in [-0.25, -0.2) is 0 Å². The lowest BCUT2D eigenvalue weighted by Gasteiger charge is -2.21. The van der Waals surface area contributed by atoms with Gasteiger partial charge in [-0.15, -0.1) is 0 Å². The first kappa shape index (κ1) is 13.1. The quantitative estimate of drug-likeness (QED) is 0.832. The maximum absolute atomic E-state index is 11.7. The van der Waals surface area contributed by atoms with Gasteiger partial charge in [0.05, 0.1) is 6.42 Å². The number of hydrogen-bond donors (Lipinski definition) is 1. The van der Waals surface area contributed by atoms with E-state index in [1.807, 2.05) is 31.2 Å². The van der Waals surface area contributed by atoms with E-state index in [0.29, 0.717) is 13.0 Å². The normalized spacial score (nSPS) is 17.7. The summed E-state index contributed by atoms with van der Waals surface area (Å²) in [6.45, 7) is 2.38. The van der Waals surface area contributed by atoms with Gasteiger partial charge in [0.25, 0.3) is 0 Å². The van der Waals surface area contributed by atoms with Crippen molar-refractivity contribution in [2.24, 2.45) is 5.73 Å². The molecular weight excluding hydrogens is 226 g/mol. The highest BCUT2D eigenvalue weighted by Crippen LogP contribution is 2.30. The SMILES string of the molecule is Cc1ccc(COC(=O)CC2(N)CCCC2)cc1. The molecule has 0 spiro atoms. The molecule has 0 unspecified atom stereocenters. The Hall–Kier alpha value is -1.35. The average molecular weight is 247 g/mol. The fraction of sp³-hybridized carbons (Fsp3) is 0.533. The van der Waals surface area contributed by atoms with Crippen LogP contribution < -0.4 is 5.73 Å². The van der Waals surface area contributed by atoms with Crippen molar-refractivity contribution >= 4 is 5.97 Å². The van der Waals surface area contributed by atoms with Crippen LogP contribution in [-0.2, 0) is 16.1 Å². The van der Waals surface area contributed by atoms with E-state index in [2.05, 4.69) is 0 Å². The van der Waals surface area contributed by atoms with E-state index in [9.17, 15) is 4.79 Å². The molecule has 3 nitrogen and oxygen atoms in total. The predicted octanol–water partition coefficient (Wildman–Crippen LogP) is 2.70. The third kappa shape index (κ3) is 3.57. The van der Waals surface area contributed by atoms with Crippen LogP contribution in [-0.4, -0.2) is 11.5 Å². The van der Waals surface area contributed by atoms with Crippen molar-refractivity contribution in [2.45, 2.75) is 51.2 Å². The number of hydrogen-bond acceptors (Lipinski definition) is 3. The fourth-order valence-electron chi connectivity index (χ4n) is 2.44. The van der Waals surface area contributed by atoms with E-state index in [-0.39, 0.29) is 11.5 Å². The van der Waals surface area contributed by atoms with Crippen LogP contribution >= 0.6 is 0 Å². The van der Waals surface area contributed by atoms with Crippen LogP contribution in [0.4, 0.5) is 0 Å². The summed E-state index contributed by atoms with van der Waals surface area (Å²) in [5, 5.41) is 0. The minimum absolute atomic E-state index is 0.181. The van der Waals surface area contributed by atoms with Crippen LogP contribution in [0.2, 0.25) is 0 Å². The van der Waals surface area contributed by atoms with E-state index >= 15 is 0 Å². The van der Waals surface area contributed by atoms with Gasteiger partial charge in [-0.05, 0) is 25.3 Å². The first-order chi connectivity index (χ1) is 8.57. The Morgan fingerprint density at radius 2 is 1.89 bits per heavy atom. The molecule has 98 valence electrons. The lowest BCUT2D eigenvalue weighted by atomic mass is 9.95. The molecule has 1 aliphatic carbocycles. The highest BCUT2D eigenvalue weighted by atomic mass is 16.5. The van der Waals surface area contributed by atoms with Crippen LogP contribution in [0.25, 0.3) is 0 Å². The van der Waals surface area contributed by atoms with Crippen molar-refractivity contribution in [2.75, 3.05) is 0 Å². The molecule has 0 bridgehead atoms. The number of benzene rings is 1. The molecule has 1 fully saturated rings. The number of aryl methyl sites for hydroxylation is 1. The molecule has 0 aromatic heterocycles. The van der Waals surface area contributed by atoms with Crippen molar-refractivity contribution in [3.05, 3.63) is 35.4 Å². The molecule has 0 saturated heterocycles. The molecule has 1 aliphatic rings. The van der Waals surface area contributed by atoms with Crippen LogP contribution in [0.15, 0.2) is 24.3 Å². The molecule has 0 heterocycles. The average Bonchev–Trinajstić information content (AvgIpc) is 2.75. The standard InChI is InChI=1S/C15H21NO2/c1-12-4-6-13(7-5-12)11-18-14(17)10-15(16)8-2-3-9-15/h4-7H,2-3,8-11,16H2,1H3. The van der Waals surface area contributed by atoms with Crippen molar-refractivity contribution in [3.8, 4) is 0 Å². The second-order valence-electron chi connectivity index (χ2n) is 5.39. The van der Waals surface area contributed by atoms with Crippen molar-refractivity contribution < 1.29 is 9.53 Å². The highest BCUT2D eigenvalue weighted by molar-refractivity contribution is 5.71. The molecule has 2 rings (SSSR count). The first-order valence-corrected chi connectivity index (χ1v) is 6.57. The largest absolute Gasteiger partial charge is 0.461 e. The maximum atomic E-state index is 11.7. The molecule has 1 aromatic rings. The summed E-state index contributed by atoms with van der Waals surface area (Å²) in [7, 11) is 0. The van der Waals surface area contributed by atoms with Gasteiger partial charge >= 0.3 is 5.97 Å². The number of ether oxygens (including phenoxy) is 1. The van der Waals surface area contributed by atoms with E-state index in [1.54, 1.807) is 0 Å². The van der Waals surface area contributed by atoms with Crippen molar-refractivity contribution in [1.82, 2.24) is 0 Å². The third-order valence-electron chi connectivity index (χ3n) is 3.62. The Kier molecular flexibility index (Phi) is 4.02. The first-order valence-electron chi connectivity index (χ1n) is 6.57. The zero-order chi connectivity index (χ0) is 13.0. The second kappa shape index (κ2) is 5.53. The Morgan fingerprint density at radius 3 is 2.50 bits per heavy atom. The van der Waals surface area contributed by atoms with Gasteiger partial charge in [-0.3, -0.25) is 4.79 Å². The Bertz CT molecular complexity index is 405. The lowest BCUT2D eigenvalue weighted by Crippen LogP contribution is -2.39. The summed E-state index contributed by atoms with van der Waals surface area (Å²) in [6.07, 6.45) is 4.47. The van der Waals surface area contributed by atoms with Gasteiger partial charge < -0.3 is 10.5 Å². The van der Waals surface area contributed by atoms with Gasteiger partial charge in [0.15, 0.2) is 0 Å². The summed E-state index contributed by atoms with van der Waals surface area (Å²) in [5.41, 5.74) is 8.06. The summed E-state index contributed by atoms with van der Waals surface area (Å²) in [5.74, 6) is -0.181. The number of esters is 1. The lowest BCUT2D eigenvalue weighted by molar-refractivity contribution is -0.146. The Labute approximate surface area is 108 Å². The van der Waals surface area contributed by atoms with E-state index in [0.717, 1.165) is 31.2 Å². The van der Waals surface area contributed by atoms with E-state index in [1.165, 1.54) is 5.56 Å². The topological polar surface area (TPSA) is 52.3 Å².